The summed E-state index contributed by atoms with van der Waals surface area (Å²) in [5, 5.41) is 6.87. The summed E-state index contributed by atoms with van der Waals surface area (Å²) in [5.41, 5.74) is 2.17. The Kier molecular flexibility index (Phi) is 2.83. The molecule has 4 aromatic carbocycles. The summed E-state index contributed by atoms with van der Waals surface area (Å²) in [5.74, 6) is 0. The standard InChI is InChI=1S/C24H11ClN2OS/c25-12-5-9-18-17(11-12)26-23-15-8-10-20-22-14(13-3-1-2-4-19(13)29-20)6-7-16(21(15)22)24(28)27(18)23/h1-11H. The van der Waals surface area contributed by atoms with E-state index in [0.717, 1.165) is 32.6 Å². The Labute approximate surface area is 172 Å². The predicted octanol–water partition coefficient (Wildman–Crippen LogP) is 6.61. The van der Waals surface area contributed by atoms with Crippen molar-refractivity contribution < 1.29 is 0 Å². The summed E-state index contributed by atoms with van der Waals surface area (Å²) in [6.45, 7) is 0. The molecule has 0 aliphatic rings. The minimum Gasteiger partial charge on any atom is -0.268 e. The maximum absolute atomic E-state index is 13.5. The molecule has 0 aliphatic carbocycles. The Bertz CT molecular complexity index is 1850. The van der Waals surface area contributed by atoms with Crippen LogP contribution in [0.3, 0.4) is 0 Å². The van der Waals surface area contributed by atoms with Crippen molar-refractivity contribution in [2.24, 2.45) is 0 Å². The molecule has 7 aromatic rings. The second-order valence-electron chi connectivity index (χ2n) is 7.33. The molecule has 0 fully saturated rings. The van der Waals surface area contributed by atoms with Crippen LogP contribution in [0.2, 0.25) is 5.02 Å². The Morgan fingerprint density at radius 2 is 1.62 bits per heavy atom. The smallest absolute Gasteiger partial charge is 0.264 e. The molecule has 0 bridgehead atoms. The lowest BCUT2D eigenvalue weighted by molar-refractivity contribution is 1.19. The molecule has 5 heteroatoms. The summed E-state index contributed by atoms with van der Waals surface area (Å²) in [6.07, 6.45) is 0. The number of fused-ring (bicyclic) bond motifs is 6. The van der Waals surface area contributed by atoms with Gasteiger partial charge < -0.3 is 0 Å². The van der Waals surface area contributed by atoms with E-state index in [-0.39, 0.29) is 5.56 Å². The minimum atomic E-state index is -0.0371. The molecule has 3 aromatic heterocycles. The van der Waals surface area contributed by atoms with Crippen molar-refractivity contribution >= 4 is 81.3 Å². The molecule has 0 saturated heterocycles. The van der Waals surface area contributed by atoms with E-state index in [1.54, 1.807) is 21.8 Å². The lowest BCUT2D eigenvalue weighted by Crippen LogP contribution is -2.13. The van der Waals surface area contributed by atoms with E-state index in [2.05, 4.69) is 42.5 Å². The Morgan fingerprint density at radius 1 is 0.793 bits per heavy atom. The van der Waals surface area contributed by atoms with Crippen molar-refractivity contribution in [3.8, 4) is 0 Å². The quantitative estimate of drug-likeness (QED) is 0.208. The zero-order chi connectivity index (χ0) is 19.3. The Hall–Kier alpha value is -3.21. The summed E-state index contributed by atoms with van der Waals surface area (Å²) >= 11 is 7.93. The largest absolute Gasteiger partial charge is 0.268 e. The molecule has 3 nitrogen and oxygen atoms in total. The maximum Gasteiger partial charge on any atom is 0.264 e. The number of benzene rings is 4. The number of pyridine rings is 1. The summed E-state index contributed by atoms with van der Waals surface area (Å²) in [7, 11) is 0. The first kappa shape index (κ1) is 15.7. The van der Waals surface area contributed by atoms with Crippen LogP contribution in [0.5, 0.6) is 0 Å². The van der Waals surface area contributed by atoms with Crippen LogP contribution in [0.15, 0.2) is 71.5 Å². The topological polar surface area (TPSA) is 34.4 Å². The zero-order valence-corrected chi connectivity index (χ0v) is 16.5. The summed E-state index contributed by atoms with van der Waals surface area (Å²) in [6, 6.07) is 22.2. The lowest BCUT2D eigenvalue weighted by atomic mass is 9.98. The van der Waals surface area contributed by atoms with Gasteiger partial charge >= 0.3 is 0 Å². The SMILES string of the molecule is O=c1c2ccc3c4ccccc4sc4ccc(c2c43)c2nc3cc(Cl)ccc3n12. The third-order valence-electron chi connectivity index (χ3n) is 5.81. The third kappa shape index (κ3) is 1.88. The molecule has 7 rings (SSSR count). The molecule has 136 valence electrons. The molecular formula is C24H11ClN2OS. The fraction of sp³-hybridized carbons (Fsp3) is 0. The average Bonchev–Trinajstić information content (AvgIpc) is 3.12. The van der Waals surface area contributed by atoms with Gasteiger partial charge in [0.2, 0.25) is 0 Å². The van der Waals surface area contributed by atoms with Crippen LogP contribution in [0.4, 0.5) is 0 Å². The number of hydrogen-bond donors (Lipinski definition) is 0. The molecule has 0 spiro atoms. The van der Waals surface area contributed by atoms with E-state index in [4.69, 9.17) is 16.6 Å². The summed E-state index contributed by atoms with van der Waals surface area (Å²) in [4.78, 5) is 18.3. The normalized spacial score (nSPS) is 12.4. The van der Waals surface area contributed by atoms with Gasteiger partial charge in [-0.2, -0.15) is 0 Å². The molecule has 0 N–H and O–H groups in total. The highest BCUT2D eigenvalue weighted by Gasteiger charge is 2.19. The molecule has 0 amide bonds. The minimum absolute atomic E-state index is 0.0371. The van der Waals surface area contributed by atoms with Gasteiger partial charge in [0.05, 0.1) is 11.0 Å². The molecular weight excluding hydrogens is 400 g/mol. The van der Waals surface area contributed by atoms with E-state index in [1.165, 1.54) is 20.2 Å². The van der Waals surface area contributed by atoms with Gasteiger partial charge in [0.1, 0.15) is 5.65 Å². The van der Waals surface area contributed by atoms with Crippen LogP contribution in [-0.4, -0.2) is 9.38 Å². The van der Waals surface area contributed by atoms with E-state index < -0.39 is 0 Å². The van der Waals surface area contributed by atoms with Crippen molar-refractivity contribution in [3.63, 3.8) is 0 Å². The van der Waals surface area contributed by atoms with Crippen molar-refractivity contribution in [1.82, 2.24) is 9.38 Å². The number of hydrogen-bond acceptors (Lipinski definition) is 3. The molecule has 0 radical (unpaired) electrons. The average molecular weight is 411 g/mol. The highest BCUT2D eigenvalue weighted by atomic mass is 35.5. The van der Waals surface area contributed by atoms with Gasteiger partial charge in [-0.1, -0.05) is 35.9 Å². The van der Waals surface area contributed by atoms with E-state index in [9.17, 15) is 4.79 Å². The highest BCUT2D eigenvalue weighted by molar-refractivity contribution is 7.25. The van der Waals surface area contributed by atoms with Gasteiger partial charge in [0.15, 0.2) is 0 Å². The highest BCUT2D eigenvalue weighted by Crippen LogP contribution is 2.41. The first-order valence-electron chi connectivity index (χ1n) is 9.31. The maximum atomic E-state index is 13.5. The third-order valence-corrected chi connectivity index (χ3v) is 7.18. The monoisotopic (exact) mass is 410 g/mol. The van der Waals surface area contributed by atoms with Gasteiger partial charge in [-0.15, -0.1) is 11.3 Å². The van der Waals surface area contributed by atoms with E-state index in [1.807, 2.05) is 18.2 Å². The van der Waals surface area contributed by atoms with Crippen LogP contribution in [0.25, 0.3) is 58.4 Å². The summed E-state index contributed by atoms with van der Waals surface area (Å²) < 4.78 is 4.14. The number of rotatable bonds is 0. The number of aromatic nitrogens is 2. The Balaban J connectivity index is 1.84. The fourth-order valence-corrected chi connectivity index (χ4v) is 5.88. The molecule has 0 unspecified atom stereocenters. The van der Waals surface area contributed by atoms with Crippen molar-refractivity contribution in [2.45, 2.75) is 0 Å². The Morgan fingerprint density at radius 3 is 2.55 bits per heavy atom. The fourth-order valence-electron chi connectivity index (χ4n) is 4.59. The van der Waals surface area contributed by atoms with Gasteiger partial charge in [-0.25, -0.2) is 4.98 Å². The lowest BCUT2D eigenvalue weighted by Gasteiger charge is -2.13. The predicted molar refractivity (Wildman–Crippen MR) is 123 cm³/mol. The van der Waals surface area contributed by atoms with Crippen molar-refractivity contribution in [1.29, 1.82) is 0 Å². The van der Waals surface area contributed by atoms with Crippen LogP contribution in [0.1, 0.15) is 0 Å². The van der Waals surface area contributed by atoms with Crippen LogP contribution < -0.4 is 5.56 Å². The van der Waals surface area contributed by atoms with Gasteiger partial charge in [0.25, 0.3) is 5.56 Å². The van der Waals surface area contributed by atoms with E-state index in [0.29, 0.717) is 10.7 Å². The molecule has 3 heterocycles. The van der Waals surface area contributed by atoms with Gasteiger partial charge in [-0.3, -0.25) is 9.20 Å². The second kappa shape index (κ2) is 5.23. The van der Waals surface area contributed by atoms with E-state index >= 15 is 0 Å². The first-order chi connectivity index (χ1) is 14.2. The molecule has 0 aliphatic heterocycles. The number of nitrogens with zero attached hydrogens (tertiary/aromatic N) is 2. The van der Waals surface area contributed by atoms with Crippen LogP contribution >= 0.6 is 22.9 Å². The number of halogens is 1. The van der Waals surface area contributed by atoms with Gasteiger partial charge in [-0.05, 0) is 53.2 Å². The molecule has 29 heavy (non-hydrogen) atoms. The first-order valence-corrected chi connectivity index (χ1v) is 10.5. The molecule has 0 atom stereocenters. The number of imidazole rings is 1. The zero-order valence-electron chi connectivity index (χ0n) is 14.9. The second-order valence-corrected chi connectivity index (χ2v) is 8.85. The van der Waals surface area contributed by atoms with Crippen molar-refractivity contribution in [3.05, 3.63) is 82.1 Å². The van der Waals surface area contributed by atoms with Crippen molar-refractivity contribution in [2.75, 3.05) is 0 Å². The van der Waals surface area contributed by atoms with Crippen LogP contribution in [-0.2, 0) is 0 Å². The molecule has 0 saturated carbocycles. The van der Waals surface area contributed by atoms with Gasteiger partial charge in [0, 0.05) is 36.0 Å². The van der Waals surface area contributed by atoms with Crippen LogP contribution in [0, 0.1) is 0 Å².